The number of aliphatic hydroxyl groups excluding tert-OH is 1. The van der Waals surface area contributed by atoms with Gasteiger partial charge in [-0.3, -0.25) is 9.59 Å². The summed E-state index contributed by atoms with van der Waals surface area (Å²) in [5.74, 6) is -2.10. The number of unbranched alkanes of at least 4 members (excludes halogenated alkanes) is 2. The minimum absolute atomic E-state index is 0.111. The Labute approximate surface area is 305 Å². The minimum Gasteiger partial charge on any atom is -0.394 e. The molecule has 0 fully saturated rings. The molecule has 3 N–H and O–H groups in total. The fraction of sp³-hybridized carbons (Fsp3) is 0.385. The number of aromatic nitrogens is 2. The number of nitrogens with zero attached hydrogens (tertiary/aromatic N) is 4. The molecule has 0 aliphatic carbocycles. The predicted molar refractivity (Wildman–Crippen MR) is 192 cm³/mol. The van der Waals surface area contributed by atoms with Crippen LogP contribution >= 0.6 is 0 Å². The van der Waals surface area contributed by atoms with Gasteiger partial charge in [0.15, 0.2) is 5.69 Å². The van der Waals surface area contributed by atoms with Crippen LogP contribution in [0.3, 0.4) is 0 Å². The highest BCUT2D eigenvalue weighted by atomic mass is 19.4. The molecular weight excluding hydrogens is 692 g/mol. The lowest BCUT2D eigenvalue weighted by molar-refractivity contribution is -0.140. The first-order valence-electron chi connectivity index (χ1n) is 17.7. The molecule has 3 aromatic carbocycles. The topological polar surface area (TPSA) is 120 Å². The first-order chi connectivity index (χ1) is 25.3. The first-order valence-corrected chi connectivity index (χ1v) is 17.7. The Kier molecular flexibility index (Phi) is 12.5. The molecule has 0 unspecified atom stereocenters. The average Bonchev–Trinajstić information content (AvgIpc) is 3.53. The standard InChI is InChI=1S/C39H44F4N6O4/c1-4-6-16-47(17-7-5-2)37(52)34-18-25(3)49(46-34)35-15-13-29(45-38(53)44-22-26-12-14-32(33(40)19-26)39(41,42)43)21-31(35)36(51)48-23-28-11-9-8-10-27(28)20-30(48)24-50/h8-15,18-19,21,30,50H,4-7,16-17,20,22-24H2,1-3H3,(H2,44,45,53)/t30-/m0/s1. The van der Waals surface area contributed by atoms with Gasteiger partial charge in [0.05, 0.1) is 29.5 Å². The van der Waals surface area contributed by atoms with E-state index in [0.717, 1.165) is 42.9 Å². The number of nitrogens with one attached hydrogen (secondary N) is 2. The monoisotopic (exact) mass is 736 g/mol. The Hall–Kier alpha value is -5.24. The molecule has 53 heavy (non-hydrogen) atoms. The van der Waals surface area contributed by atoms with Crippen molar-refractivity contribution >= 4 is 23.5 Å². The Balaban J connectivity index is 1.46. The highest BCUT2D eigenvalue weighted by Crippen LogP contribution is 2.32. The second kappa shape index (κ2) is 17.1. The smallest absolute Gasteiger partial charge is 0.394 e. The van der Waals surface area contributed by atoms with Crippen molar-refractivity contribution in [2.75, 3.05) is 25.0 Å². The zero-order valence-electron chi connectivity index (χ0n) is 30.0. The summed E-state index contributed by atoms with van der Waals surface area (Å²) in [6, 6.07) is 15.1. The summed E-state index contributed by atoms with van der Waals surface area (Å²) in [5, 5.41) is 20.2. The van der Waals surface area contributed by atoms with Crippen LogP contribution in [0.4, 0.5) is 28.0 Å². The van der Waals surface area contributed by atoms with E-state index in [1.165, 1.54) is 10.7 Å². The van der Waals surface area contributed by atoms with E-state index in [1.807, 2.05) is 24.3 Å². The maximum absolute atomic E-state index is 14.5. The van der Waals surface area contributed by atoms with Crippen LogP contribution in [0, 0.1) is 12.7 Å². The third-order valence-corrected chi connectivity index (χ3v) is 9.29. The Morgan fingerprint density at radius 1 is 0.962 bits per heavy atom. The van der Waals surface area contributed by atoms with E-state index in [-0.39, 0.29) is 48.1 Å². The van der Waals surface area contributed by atoms with Crippen molar-refractivity contribution in [2.45, 2.75) is 78.2 Å². The van der Waals surface area contributed by atoms with Crippen LogP contribution in [0.2, 0.25) is 0 Å². The molecule has 0 radical (unpaired) electrons. The van der Waals surface area contributed by atoms with E-state index in [4.69, 9.17) is 0 Å². The number of rotatable bonds is 13. The maximum Gasteiger partial charge on any atom is 0.419 e. The number of fused-ring (bicyclic) bond motifs is 1. The molecule has 0 spiro atoms. The van der Waals surface area contributed by atoms with Gasteiger partial charge in [0.2, 0.25) is 0 Å². The Morgan fingerprint density at radius 2 is 1.66 bits per heavy atom. The number of amides is 4. The predicted octanol–water partition coefficient (Wildman–Crippen LogP) is 7.26. The minimum atomic E-state index is -4.85. The van der Waals surface area contributed by atoms with Gasteiger partial charge in [-0.05, 0) is 79.3 Å². The van der Waals surface area contributed by atoms with Gasteiger partial charge in [-0.15, -0.1) is 0 Å². The summed E-state index contributed by atoms with van der Waals surface area (Å²) in [5.41, 5.74) is 2.19. The van der Waals surface area contributed by atoms with Crippen LogP contribution in [-0.4, -0.2) is 68.3 Å². The van der Waals surface area contributed by atoms with Gasteiger partial charge in [-0.2, -0.15) is 18.3 Å². The molecule has 1 aliphatic rings. The lowest BCUT2D eigenvalue weighted by Gasteiger charge is -2.36. The molecule has 1 aliphatic heterocycles. The van der Waals surface area contributed by atoms with Crippen molar-refractivity contribution < 1.29 is 37.1 Å². The van der Waals surface area contributed by atoms with Gasteiger partial charge in [0.1, 0.15) is 5.82 Å². The van der Waals surface area contributed by atoms with Gasteiger partial charge < -0.3 is 25.5 Å². The number of halogens is 4. The number of anilines is 1. The number of benzene rings is 3. The van der Waals surface area contributed by atoms with E-state index in [2.05, 4.69) is 29.6 Å². The molecule has 282 valence electrons. The number of urea groups is 1. The van der Waals surface area contributed by atoms with Crippen molar-refractivity contribution in [2.24, 2.45) is 0 Å². The molecule has 14 heteroatoms. The van der Waals surface area contributed by atoms with Crippen LogP contribution in [0.5, 0.6) is 0 Å². The van der Waals surface area contributed by atoms with Crippen LogP contribution in [0.15, 0.2) is 66.7 Å². The maximum atomic E-state index is 14.5. The molecule has 1 atom stereocenters. The molecule has 0 bridgehead atoms. The molecule has 5 rings (SSSR count). The molecule has 0 saturated carbocycles. The van der Waals surface area contributed by atoms with Crippen LogP contribution in [0.25, 0.3) is 5.69 Å². The summed E-state index contributed by atoms with van der Waals surface area (Å²) in [4.78, 5) is 44.5. The van der Waals surface area contributed by atoms with E-state index in [1.54, 1.807) is 34.9 Å². The van der Waals surface area contributed by atoms with E-state index in [9.17, 15) is 37.1 Å². The molecule has 0 saturated heterocycles. The van der Waals surface area contributed by atoms with Crippen LogP contribution in [0.1, 0.15) is 88.3 Å². The van der Waals surface area contributed by atoms with E-state index >= 15 is 0 Å². The summed E-state index contributed by atoms with van der Waals surface area (Å²) < 4.78 is 54.5. The third kappa shape index (κ3) is 9.23. The van der Waals surface area contributed by atoms with Gasteiger partial charge in [-0.1, -0.05) is 57.0 Å². The molecular formula is C39H44F4N6O4. The highest BCUT2D eigenvalue weighted by molar-refractivity contribution is 6.00. The number of aryl methyl sites for hydroxylation is 1. The molecule has 1 aromatic heterocycles. The lowest BCUT2D eigenvalue weighted by Crippen LogP contribution is -2.46. The van der Waals surface area contributed by atoms with E-state index < -0.39 is 35.5 Å². The van der Waals surface area contributed by atoms with Crippen molar-refractivity contribution in [3.8, 4) is 5.69 Å². The molecule has 10 nitrogen and oxygen atoms in total. The zero-order chi connectivity index (χ0) is 38.3. The third-order valence-electron chi connectivity index (χ3n) is 9.29. The van der Waals surface area contributed by atoms with Crippen LogP contribution in [-0.2, 0) is 25.7 Å². The number of carbonyl (C=O) groups excluding carboxylic acids is 3. The second-order valence-corrected chi connectivity index (χ2v) is 13.2. The fourth-order valence-electron chi connectivity index (χ4n) is 6.37. The quantitative estimate of drug-likeness (QED) is 0.125. The molecule has 4 amide bonds. The van der Waals surface area contributed by atoms with Crippen LogP contribution < -0.4 is 10.6 Å². The summed E-state index contributed by atoms with van der Waals surface area (Å²) >= 11 is 0. The zero-order valence-corrected chi connectivity index (χ0v) is 30.0. The highest BCUT2D eigenvalue weighted by Gasteiger charge is 2.34. The lowest BCUT2D eigenvalue weighted by atomic mass is 9.93. The normalized spacial score (nSPS) is 14.1. The van der Waals surface area contributed by atoms with Crippen molar-refractivity contribution in [3.63, 3.8) is 0 Å². The number of carbonyl (C=O) groups is 3. The molecule has 2 heterocycles. The van der Waals surface area contributed by atoms with Crippen molar-refractivity contribution in [1.82, 2.24) is 24.9 Å². The SMILES string of the molecule is CCCCN(CCCC)C(=O)c1cc(C)n(-c2ccc(NC(=O)NCc3ccc(C(F)(F)F)c(F)c3)cc2C(=O)N2Cc3ccccc3C[C@H]2CO)n1. The number of hydrogen-bond donors (Lipinski definition) is 3. The van der Waals surface area contributed by atoms with Gasteiger partial charge in [0, 0.05) is 37.6 Å². The van der Waals surface area contributed by atoms with E-state index in [0.29, 0.717) is 43.0 Å². The largest absolute Gasteiger partial charge is 0.419 e. The number of aliphatic hydroxyl groups is 1. The van der Waals surface area contributed by atoms with Gasteiger partial charge in [-0.25, -0.2) is 13.9 Å². The van der Waals surface area contributed by atoms with Crippen molar-refractivity contribution in [3.05, 3.63) is 112 Å². The number of alkyl halides is 3. The summed E-state index contributed by atoms with van der Waals surface area (Å²) in [6.45, 7) is 6.76. The average molecular weight is 737 g/mol. The Morgan fingerprint density at radius 3 is 2.30 bits per heavy atom. The molecule has 4 aromatic rings. The van der Waals surface area contributed by atoms with Crippen molar-refractivity contribution in [1.29, 1.82) is 0 Å². The van der Waals surface area contributed by atoms with Gasteiger partial charge in [0.25, 0.3) is 11.8 Å². The first kappa shape index (κ1) is 39.0. The van der Waals surface area contributed by atoms with Gasteiger partial charge >= 0.3 is 12.2 Å². The number of hydrogen-bond acceptors (Lipinski definition) is 5. The second-order valence-electron chi connectivity index (χ2n) is 13.2. The summed E-state index contributed by atoms with van der Waals surface area (Å²) in [6.07, 6.45) is -0.861. The Bertz CT molecular complexity index is 1940. The summed E-state index contributed by atoms with van der Waals surface area (Å²) in [7, 11) is 0. The fourth-order valence-corrected chi connectivity index (χ4v) is 6.37.